The molecule has 4 aromatic carbocycles. The molecular weight excluding hydrogens is 526 g/mol. The first-order chi connectivity index (χ1) is 16.6. The Morgan fingerprint density at radius 1 is 0.706 bits per heavy atom. The fourth-order valence-corrected chi connectivity index (χ4v) is 4.87. The summed E-state index contributed by atoms with van der Waals surface area (Å²) in [5.41, 5.74) is 3.47. The Morgan fingerprint density at radius 3 is 1.91 bits per heavy atom. The zero-order chi connectivity index (χ0) is 23.8. The number of rotatable bonds is 7. The van der Waals surface area contributed by atoms with E-state index in [9.17, 15) is 4.79 Å². The molecule has 3 N–H and O–H groups in total. The van der Waals surface area contributed by atoms with Crippen LogP contribution in [-0.4, -0.2) is 11.0 Å². The van der Waals surface area contributed by atoms with Gasteiger partial charge in [-0.15, -0.1) is 11.8 Å². The van der Waals surface area contributed by atoms with Crippen LogP contribution in [0.4, 0.5) is 17.1 Å². The van der Waals surface area contributed by atoms with Gasteiger partial charge in [0.1, 0.15) is 5.25 Å². The van der Waals surface area contributed by atoms with Crippen LogP contribution in [0.15, 0.2) is 119 Å². The number of carbonyl (C=O) groups is 1. The fourth-order valence-electron chi connectivity index (χ4n) is 3.23. The maximum atomic E-state index is 13.3. The van der Waals surface area contributed by atoms with Crippen LogP contribution in [0.3, 0.4) is 0 Å². The highest BCUT2D eigenvalue weighted by Crippen LogP contribution is 2.37. The van der Waals surface area contributed by atoms with E-state index < -0.39 is 5.25 Å². The molecule has 7 heteroatoms. The molecule has 170 valence electrons. The van der Waals surface area contributed by atoms with Crippen molar-refractivity contribution in [2.75, 3.05) is 16.0 Å². The summed E-state index contributed by atoms with van der Waals surface area (Å²) in [7, 11) is 0. The van der Waals surface area contributed by atoms with Crippen molar-refractivity contribution in [2.24, 2.45) is 0 Å². The lowest BCUT2D eigenvalue weighted by molar-refractivity contribution is -0.115. The van der Waals surface area contributed by atoms with Crippen LogP contribution in [-0.2, 0) is 4.79 Å². The smallest absolute Gasteiger partial charge is 0.242 e. The average Bonchev–Trinajstić information content (AvgIpc) is 2.86. The van der Waals surface area contributed by atoms with Crippen molar-refractivity contribution in [3.63, 3.8) is 0 Å². The van der Waals surface area contributed by atoms with Crippen LogP contribution in [0.2, 0.25) is 0 Å². The van der Waals surface area contributed by atoms with Gasteiger partial charge in [0.2, 0.25) is 5.91 Å². The van der Waals surface area contributed by atoms with E-state index in [-0.39, 0.29) is 5.91 Å². The normalized spacial score (nSPS) is 11.3. The molecule has 0 saturated carbocycles. The quantitative estimate of drug-likeness (QED) is 0.163. The van der Waals surface area contributed by atoms with Gasteiger partial charge in [-0.3, -0.25) is 4.79 Å². The number of anilines is 3. The van der Waals surface area contributed by atoms with E-state index in [1.807, 2.05) is 109 Å². The predicted molar refractivity (Wildman–Crippen MR) is 151 cm³/mol. The first-order valence-electron chi connectivity index (χ1n) is 10.6. The number of carbonyl (C=O) groups excluding carboxylic acids is 1. The second kappa shape index (κ2) is 11.8. The summed E-state index contributed by atoms with van der Waals surface area (Å²) in [4.78, 5) is 14.2. The van der Waals surface area contributed by atoms with Gasteiger partial charge >= 0.3 is 0 Å². The molecular formula is C27H22BrN3OS2. The molecule has 0 spiro atoms. The number of nitrogens with one attached hydrogen (secondary N) is 3. The number of amides is 1. The topological polar surface area (TPSA) is 53.2 Å². The van der Waals surface area contributed by atoms with Crippen molar-refractivity contribution in [3.05, 3.63) is 119 Å². The fraction of sp³-hybridized carbons (Fsp3) is 0.0370. The van der Waals surface area contributed by atoms with E-state index in [0.29, 0.717) is 5.11 Å². The number of halogens is 1. The number of para-hydroxylation sites is 2. The molecule has 0 aliphatic carbocycles. The lowest BCUT2D eigenvalue weighted by atomic mass is 10.1. The van der Waals surface area contributed by atoms with Gasteiger partial charge in [-0.2, -0.15) is 0 Å². The average molecular weight is 549 g/mol. The van der Waals surface area contributed by atoms with E-state index in [1.165, 1.54) is 11.8 Å². The van der Waals surface area contributed by atoms with Crippen molar-refractivity contribution in [1.82, 2.24) is 0 Å². The van der Waals surface area contributed by atoms with Gasteiger partial charge in [-0.05, 0) is 82.2 Å². The molecule has 1 amide bonds. The third-order valence-corrected chi connectivity index (χ3v) is 7.03. The number of hydrogen-bond acceptors (Lipinski definition) is 3. The zero-order valence-corrected chi connectivity index (χ0v) is 21.3. The summed E-state index contributed by atoms with van der Waals surface area (Å²) in [6.07, 6.45) is 0. The van der Waals surface area contributed by atoms with Gasteiger partial charge in [0.25, 0.3) is 0 Å². The monoisotopic (exact) mass is 547 g/mol. The molecule has 4 nitrogen and oxygen atoms in total. The number of thiocarbonyl (C=S) groups is 1. The first kappa shape index (κ1) is 24.0. The second-order valence-corrected chi connectivity index (χ2v) is 9.79. The molecule has 34 heavy (non-hydrogen) atoms. The highest BCUT2D eigenvalue weighted by molar-refractivity contribution is 9.10. The van der Waals surface area contributed by atoms with Gasteiger partial charge in [-0.25, -0.2) is 0 Å². The Balaban J connectivity index is 1.45. The summed E-state index contributed by atoms with van der Waals surface area (Å²) in [5.74, 6) is -0.0847. The molecule has 0 heterocycles. The molecule has 0 radical (unpaired) electrons. The Hall–Kier alpha value is -3.13. The minimum absolute atomic E-state index is 0.0847. The van der Waals surface area contributed by atoms with Crippen molar-refractivity contribution < 1.29 is 4.79 Å². The number of thioether (sulfide) groups is 1. The summed E-state index contributed by atoms with van der Waals surface area (Å²) in [5, 5.41) is 9.50. The van der Waals surface area contributed by atoms with E-state index >= 15 is 0 Å². The molecule has 0 aliphatic heterocycles. The molecule has 0 aromatic heterocycles. The van der Waals surface area contributed by atoms with E-state index in [0.717, 1.165) is 32.0 Å². The van der Waals surface area contributed by atoms with Gasteiger partial charge in [-0.1, -0.05) is 60.7 Å². The molecule has 0 aliphatic rings. The van der Waals surface area contributed by atoms with E-state index in [1.54, 1.807) is 0 Å². The van der Waals surface area contributed by atoms with Gasteiger partial charge in [0, 0.05) is 20.7 Å². The lowest BCUT2D eigenvalue weighted by Crippen LogP contribution is -2.19. The van der Waals surface area contributed by atoms with Gasteiger partial charge < -0.3 is 16.0 Å². The Labute approximate surface area is 217 Å². The standard InChI is InChI=1S/C27H22BrN3OS2/c28-23-13-7-8-14-24(23)31-26(32)25(19-9-3-1-4-10-19)34-22-17-15-21(16-18-22)30-27(33)29-20-11-5-2-6-12-20/h1-18,25H,(H,31,32)(H2,29,30,33). The van der Waals surface area contributed by atoms with E-state index in [4.69, 9.17) is 12.2 Å². The van der Waals surface area contributed by atoms with Crippen LogP contribution < -0.4 is 16.0 Å². The third-order valence-electron chi connectivity index (χ3n) is 4.87. The lowest BCUT2D eigenvalue weighted by Gasteiger charge is -2.18. The highest BCUT2D eigenvalue weighted by atomic mass is 79.9. The molecule has 0 bridgehead atoms. The van der Waals surface area contributed by atoms with Crippen LogP contribution in [0, 0.1) is 0 Å². The summed E-state index contributed by atoms with van der Waals surface area (Å²) >= 11 is 10.4. The molecule has 0 fully saturated rings. The van der Waals surface area contributed by atoms with Crippen LogP contribution in [0.5, 0.6) is 0 Å². The molecule has 1 atom stereocenters. The third kappa shape index (κ3) is 6.70. The van der Waals surface area contributed by atoms with Crippen LogP contribution >= 0.6 is 39.9 Å². The second-order valence-electron chi connectivity index (χ2n) is 7.35. The van der Waals surface area contributed by atoms with Gasteiger partial charge in [0.15, 0.2) is 5.11 Å². The Bertz CT molecular complexity index is 1250. The molecule has 4 aromatic rings. The summed E-state index contributed by atoms with van der Waals surface area (Å²) < 4.78 is 0.843. The Kier molecular flexibility index (Phi) is 8.36. The zero-order valence-electron chi connectivity index (χ0n) is 18.1. The van der Waals surface area contributed by atoms with Crippen molar-refractivity contribution >= 4 is 68.0 Å². The van der Waals surface area contributed by atoms with Crippen LogP contribution in [0.1, 0.15) is 10.8 Å². The minimum Gasteiger partial charge on any atom is -0.332 e. The predicted octanol–water partition coefficient (Wildman–Crippen LogP) is 7.73. The Morgan fingerprint density at radius 2 is 1.26 bits per heavy atom. The maximum Gasteiger partial charge on any atom is 0.242 e. The SMILES string of the molecule is O=C(Nc1ccccc1Br)C(Sc1ccc(NC(=S)Nc2ccccc2)cc1)c1ccccc1. The number of hydrogen-bond donors (Lipinski definition) is 3. The number of benzene rings is 4. The van der Waals surface area contributed by atoms with Crippen molar-refractivity contribution in [3.8, 4) is 0 Å². The molecule has 0 saturated heterocycles. The largest absolute Gasteiger partial charge is 0.332 e. The molecule has 1 unspecified atom stereocenters. The highest BCUT2D eigenvalue weighted by Gasteiger charge is 2.22. The summed E-state index contributed by atoms with van der Waals surface area (Å²) in [6.45, 7) is 0. The van der Waals surface area contributed by atoms with Crippen molar-refractivity contribution in [2.45, 2.75) is 10.1 Å². The van der Waals surface area contributed by atoms with Crippen LogP contribution in [0.25, 0.3) is 0 Å². The summed E-state index contributed by atoms with van der Waals surface area (Å²) in [6, 6.07) is 35.0. The molecule has 4 rings (SSSR count). The van der Waals surface area contributed by atoms with E-state index in [2.05, 4.69) is 31.9 Å². The van der Waals surface area contributed by atoms with Gasteiger partial charge in [0.05, 0.1) is 5.69 Å². The minimum atomic E-state index is -0.409. The van der Waals surface area contributed by atoms with Crippen molar-refractivity contribution in [1.29, 1.82) is 0 Å². The first-order valence-corrected chi connectivity index (χ1v) is 12.7. The maximum absolute atomic E-state index is 13.3.